The van der Waals surface area contributed by atoms with Crippen LogP contribution in [-0.4, -0.2) is 30.6 Å². The zero-order valence-electron chi connectivity index (χ0n) is 19.1. The van der Waals surface area contributed by atoms with E-state index in [1.165, 1.54) is 38.6 Å². The molecule has 0 radical (unpaired) electrons. The lowest BCUT2D eigenvalue weighted by molar-refractivity contribution is 0.000337. The molecular formula is C28H28N2O2. The van der Waals surface area contributed by atoms with Crippen molar-refractivity contribution in [3.8, 4) is 5.75 Å². The molecule has 0 bridgehead atoms. The van der Waals surface area contributed by atoms with E-state index in [1.807, 2.05) is 0 Å². The standard InChI is InChI=1S/C28H28N2O2/c1-27(2)23-11-10-20(31-4)18-26(23)30-15-16-32-28(27,30)14-13-19-9-12-25-22(17-19)21-7-5-6-8-24(21)29(25)3/h5-14,17-18H,15-16H2,1-4H3. The molecule has 4 aromatic rings. The fourth-order valence-corrected chi connectivity index (χ4v) is 5.78. The minimum absolute atomic E-state index is 0.189. The first-order chi connectivity index (χ1) is 15.5. The van der Waals surface area contributed by atoms with Gasteiger partial charge in [-0.3, -0.25) is 0 Å². The summed E-state index contributed by atoms with van der Waals surface area (Å²) in [5, 5.41) is 2.57. The van der Waals surface area contributed by atoms with Crippen molar-refractivity contribution in [3.05, 3.63) is 77.9 Å². The molecule has 0 spiro atoms. The number of hydrogen-bond acceptors (Lipinski definition) is 3. The molecule has 6 rings (SSSR count). The number of benzene rings is 3. The number of hydrogen-bond donors (Lipinski definition) is 0. The minimum Gasteiger partial charge on any atom is -0.497 e. The van der Waals surface area contributed by atoms with Crippen LogP contribution in [0.5, 0.6) is 5.75 Å². The van der Waals surface area contributed by atoms with E-state index in [-0.39, 0.29) is 5.41 Å². The van der Waals surface area contributed by atoms with Gasteiger partial charge in [-0.1, -0.05) is 50.3 Å². The third-order valence-electron chi connectivity index (χ3n) is 7.54. The first-order valence-electron chi connectivity index (χ1n) is 11.2. The number of rotatable bonds is 3. The van der Waals surface area contributed by atoms with Gasteiger partial charge in [-0.05, 0) is 41.5 Å². The topological polar surface area (TPSA) is 26.6 Å². The maximum atomic E-state index is 6.51. The van der Waals surface area contributed by atoms with Crippen LogP contribution in [0.1, 0.15) is 25.0 Å². The molecular weight excluding hydrogens is 396 g/mol. The summed E-state index contributed by atoms with van der Waals surface area (Å²) in [6, 6.07) is 21.7. The fraction of sp³-hybridized carbons (Fsp3) is 0.286. The highest BCUT2D eigenvalue weighted by molar-refractivity contribution is 6.08. The molecule has 1 fully saturated rings. The van der Waals surface area contributed by atoms with Gasteiger partial charge in [-0.25, -0.2) is 0 Å². The summed E-state index contributed by atoms with van der Waals surface area (Å²) in [7, 11) is 3.86. The summed E-state index contributed by atoms with van der Waals surface area (Å²) in [6.45, 7) is 6.15. The number of anilines is 1. The second-order valence-electron chi connectivity index (χ2n) is 9.39. The summed E-state index contributed by atoms with van der Waals surface area (Å²) >= 11 is 0. The van der Waals surface area contributed by atoms with E-state index in [2.05, 4.69) is 103 Å². The Morgan fingerprint density at radius 1 is 0.969 bits per heavy atom. The Balaban J connectivity index is 1.46. The number of aryl methyl sites for hydroxylation is 1. The monoisotopic (exact) mass is 424 g/mol. The summed E-state index contributed by atoms with van der Waals surface area (Å²) in [5.74, 6) is 0.882. The van der Waals surface area contributed by atoms with Crippen LogP contribution in [0.15, 0.2) is 66.7 Å². The molecule has 1 atom stereocenters. The number of nitrogens with zero attached hydrogens (tertiary/aromatic N) is 2. The summed E-state index contributed by atoms with van der Waals surface area (Å²) in [4.78, 5) is 2.40. The van der Waals surface area contributed by atoms with Crippen molar-refractivity contribution in [2.75, 3.05) is 25.2 Å². The second kappa shape index (κ2) is 6.63. The van der Waals surface area contributed by atoms with E-state index in [1.54, 1.807) is 7.11 Å². The molecule has 3 aromatic carbocycles. The molecule has 4 nitrogen and oxygen atoms in total. The number of methoxy groups -OCH3 is 1. The molecule has 32 heavy (non-hydrogen) atoms. The molecule has 1 unspecified atom stereocenters. The van der Waals surface area contributed by atoms with Gasteiger partial charge in [0.1, 0.15) is 5.75 Å². The van der Waals surface area contributed by atoms with Crippen molar-refractivity contribution in [2.45, 2.75) is 25.0 Å². The SMILES string of the molecule is COc1ccc2c(c1)N1CCOC1(C=Cc1ccc3c(c1)c1ccccc1n3C)C2(C)C. The van der Waals surface area contributed by atoms with Gasteiger partial charge in [0.15, 0.2) is 5.72 Å². The normalized spacial score (nSPS) is 21.6. The molecule has 162 valence electrons. The van der Waals surface area contributed by atoms with Crippen LogP contribution in [0.25, 0.3) is 27.9 Å². The maximum Gasteiger partial charge on any atom is 0.170 e. The predicted octanol–water partition coefficient (Wildman–Crippen LogP) is 5.88. The molecule has 1 saturated heterocycles. The highest BCUT2D eigenvalue weighted by Gasteiger charge is 2.59. The van der Waals surface area contributed by atoms with Crippen molar-refractivity contribution in [2.24, 2.45) is 7.05 Å². The number of aromatic nitrogens is 1. The van der Waals surface area contributed by atoms with Gasteiger partial charge < -0.3 is 18.9 Å². The minimum atomic E-state index is -0.505. The van der Waals surface area contributed by atoms with Gasteiger partial charge in [-0.15, -0.1) is 0 Å². The molecule has 2 aliphatic heterocycles. The quantitative estimate of drug-likeness (QED) is 0.411. The Hall–Kier alpha value is -3.24. The van der Waals surface area contributed by atoms with Gasteiger partial charge in [0, 0.05) is 52.6 Å². The lowest BCUT2D eigenvalue weighted by Gasteiger charge is -2.39. The molecule has 2 aliphatic rings. The first-order valence-corrected chi connectivity index (χ1v) is 11.2. The number of fused-ring (bicyclic) bond motifs is 6. The fourth-order valence-electron chi connectivity index (χ4n) is 5.78. The number of ether oxygens (including phenoxy) is 2. The Bertz CT molecular complexity index is 1400. The van der Waals surface area contributed by atoms with Crippen molar-refractivity contribution >= 4 is 33.6 Å². The van der Waals surface area contributed by atoms with Crippen LogP contribution >= 0.6 is 0 Å². The van der Waals surface area contributed by atoms with Crippen molar-refractivity contribution in [1.29, 1.82) is 0 Å². The van der Waals surface area contributed by atoms with Gasteiger partial charge >= 0.3 is 0 Å². The van der Waals surface area contributed by atoms with Crippen molar-refractivity contribution in [1.82, 2.24) is 4.57 Å². The van der Waals surface area contributed by atoms with Crippen LogP contribution in [0.4, 0.5) is 5.69 Å². The smallest absolute Gasteiger partial charge is 0.170 e. The Kier molecular flexibility index (Phi) is 4.03. The van der Waals surface area contributed by atoms with Crippen molar-refractivity contribution in [3.63, 3.8) is 0 Å². The summed E-state index contributed by atoms with van der Waals surface area (Å²) < 4.78 is 14.3. The molecule has 0 amide bonds. The largest absolute Gasteiger partial charge is 0.497 e. The lowest BCUT2D eigenvalue weighted by atomic mass is 9.77. The van der Waals surface area contributed by atoms with Crippen molar-refractivity contribution < 1.29 is 9.47 Å². The molecule has 0 saturated carbocycles. The molecule has 1 aromatic heterocycles. The average molecular weight is 425 g/mol. The lowest BCUT2D eigenvalue weighted by Crippen LogP contribution is -2.51. The first kappa shape index (κ1) is 19.4. The van der Waals surface area contributed by atoms with E-state index in [4.69, 9.17) is 9.47 Å². The zero-order valence-corrected chi connectivity index (χ0v) is 19.1. The van der Waals surface area contributed by atoms with Gasteiger partial charge in [-0.2, -0.15) is 0 Å². The highest BCUT2D eigenvalue weighted by Crippen LogP contribution is 2.55. The van der Waals surface area contributed by atoms with Crippen LogP contribution in [0, 0.1) is 0 Å². The van der Waals surface area contributed by atoms with Crippen LogP contribution in [0.3, 0.4) is 0 Å². The van der Waals surface area contributed by atoms with E-state index in [0.717, 1.165) is 12.3 Å². The second-order valence-corrected chi connectivity index (χ2v) is 9.39. The predicted molar refractivity (Wildman–Crippen MR) is 132 cm³/mol. The van der Waals surface area contributed by atoms with Gasteiger partial charge in [0.05, 0.1) is 13.7 Å². The van der Waals surface area contributed by atoms with E-state index in [0.29, 0.717) is 6.61 Å². The van der Waals surface area contributed by atoms with E-state index >= 15 is 0 Å². The van der Waals surface area contributed by atoms with E-state index < -0.39 is 5.72 Å². The molecule has 0 aliphatic carbocycles. The molecule has 4 heteroatoms. The van der Waals surface area contributed by atoms with Crippen LogP contribution < -0.4 is 9.64 Å². The zero-order chi connectivity index (χ0) is 22.1. The molecule has 0 N–H and O–H groups in total. The number of para-hydroxylation sites is 1. The third-order valence-corrected chi connectivity index (χ3v) is 7.54. The van der Waals surface area contributed by atoms with Crippen LogP contribution in [-0.2, 0) is 17.2 Å². The highest BCUT2D eigenvalue weighted by atomic mass is 16.5. The van der Waals surface area contributed by atoms with E-state index in [9.17, 15) is 0 Å². The third kappa shape index (κ3) is 2.41. The molecule has 3 heterocycles. The van der Waals surface area contributed by atoms with Crippen LogP contribution in [0.2, 0.25) is 0 Å². The average Bonchev–Trinajstić information content (AvgIpc) is 3.42. The van der Waals surface area contributed by atoms with Gasteiger partial charge in [0.2, 0.25) is 0 Å². The van der Waals surface area contributed by atoms with Gasteiger partial charge in [0.25, 0.3) is 0 Å². The summed E-state index contributed by atoms with van der Waals surface area (Å²) in [6.07, 6.45) is 4.49. The summed E-state index contributed by atoms with van der Waals surface area (Å²) in [5.41, 5.74) is 5.51. The Labute approximate surface area is 188 Å². The maximum absolute atomic E-state index is 6.51. The Morgan fingerprint density at radius 2 is 1.78 bits per heavy atom. The Morgan fingerprint density at radius 3 is 2.62 bits per heavy atom.